The minimum atomic E-state index is -1.00. The van der Waals surface area contributed by atoms with E-state index in [0.717, 1.165) is 18.4 Å². The highest BCUT2D eigenvalue weighted by molar-refractivity contribution is 6.34. The Labute approximate surface area is 249 Å². The molecule has 1 heterocycles. The number of fused-ring (bicyclic) bond motifs is 1. The molecule has 0 aromatic heterocycles. The molecule has 1 aliphatic heterocycles. The zero-order chi connectivity index (χ0) is 30.2. The molecule has 0 saturated heterocycles. The first-order valence-corrected chi connectivity index (χ1v) is 14.6. The predicted octanol–water partition coefficient (Wildman–Crippen LogP) is 6.59. The van der Waals surface area contributed by atoms with Crippen LogP contribution < -0.4 is 14.8 Å². The van der Waals surface area contributed by atoms with Gasteiger partial charge in [-0.2, -0.15) is 5.26 Å². The second-order valence-corrected chi connectivity index (χ2v) is 12.1. The van der Waals surface area contributed by atoms with Crippen LogP contribution in [0, 0.1) is 23.0 Å². The summed E-state index contributed by atoms with van der Waals surface area (Å²) in [5.74, 6) is -2.09. The third-order valence-electron chi connectivity index (χ3n) is 8.58. The lowest BCUT2D eigenvalue weighted by atomic mass is 9.77. The summed E-state index contributed by atoms with van der Waals surface area (Å²) in [6.45, 7) is 5.48. The van der Waals surface area contributed by atoms with Crippen LogP contribution in [0.2, 0.25) is 5.02 Å². The van der Waals surface area contributed by atoms with Crippen LogP contribution in [-0.2, 0) is 5.60 Å². The molecule has 3 N–H and O–H groups in total. The summed E-state index contributed by atoms with van der Waals surface area (Å²) in [6, 6.07) is 15.7. The molecule has 2 aliphatic rings. The molecule has 0 unspecified atom stereocenters. The summed E-state index contributed by atoms with van der Waals surface area (Å²) in [5.41, 5.74) is -0.516. The highest BCUT2D eigenvalue weighted by atomic mass is 35.5. The Morgan fingerprint density at radius 1 is 1.17 bits per heavy atom. The molecule has 0 bridgehead atoms. The van der Waals surface area contributed by atoms with Gasteiger partial charge in [-0.05, 0) is 57.2 Å². The van der Waals surface area contributed by atoms with E-state index in [1.165, 1.54) is 25.1 Å². The van der Waals surface area contributed by atoms with Crippen LogP contribution in [0.25, 0.3) is 11.1 Å². The van der Waals surface area contributed by atoms with E-state index in [4.69, 9.17) is 21.1 Å². The van der Waals surface area contributed by atoms with Crippen molar-refractivity contribution in [3.8, 4) is 28.7 Å². The first-order valence-electron chi connectivity index (χ1n) is 14.2. The first kappa shape index (κ1) is 30.2. The average molecular weight is 597 g/mol. The maximum atomic E-state index is 16.1. The molecule has 0 radical (unpaired) electrons. The number of aliphatic hydroxyl groups excluding tert-OH is 1. The van der Waals surface area contributed by atoms with Crippen molar-refractivity contribution in [3.63, 3.8) is 0 Å². The lowest BCUT2D eigenvalue weighted by Crippen LogP contribution is -2.49. The van der Waals surface area contributed by atoms with E-state index in [2.05, 4.69) is 5.32 Å². The Morgan fingerprint density at radius 2 is 1.86 bits per heavy atom. The fourth-order valence-electron chi connectivity index (χ4n) is 6.17. The van der Waals surface area contributed by atoms with Crippen molar-refractivity contribution in [1.29, 1.82) is 5.26 Å². The number of nitriles is 1. The smallest absolute Gasteiger partial charge is 0.174 e. The summed E-state index contributed by atoms with van der Waals surface area (Å²) in [5, 5.41) is 33.3. The maximum Gasteiger partial charge on any atom is 0.174 e. The molecule has 222 valence electrons. The Hall–Kier alpha value is -3.22. The van der Waals surface area contributed by atoms with E-state index >= 15 is 8.78 Å². The van der Waals surface area contributed by atoms with Gasteiger partial charge in [0.05, 0.1) is 28.4 Å². The molecule has 3 atom stereocenters. The normalized spacial score (nSPS) is 25.8. The summed E-state index contributed by atoms with van der Waals surface area (Å²) in [7, 11) is 0. The van der Waals surface area contributed by atoms with Crippen molar-refractivity contribution in [3.05, 3.63) is 81.9 Å². The standard InChI is InChI=1S/C33H35ClF2N2O4/c1-19(39)17-41-25-10-9-21(16-37)28(31(25)36)29-27-20(2)33(22-7-5-4-6-8-22,42-26(27)15-24(35)30(29)34)18-38-23-11-13-32(3,40)14-12-23/h4-10,15,19-20,23,38-40H,11-14,17-18H2,1-3H3/t19-,20-,23?,32?,33-/m0/s1. The van der Waals surface area contributed by atoms with Crippen LogP contribution in [0.3, 0.4) is 0 Å². The Bertz CT molecular complexity index is 1500. The molecule has 5 rings (SSSR count). The van der Waals surface area contributed by atoms with Crippen LogP contribution in [0.5, 0.6) is 11.5 Å². The van der Waals surface area contributed by atoms with E-state index in [0.29, 0.717) is 24.9 Å². The molecule has 1 saturated carbocycles. The largest absolute Gasteiger partial charge is 0.488 e. The minimum Gasteiger partial charge on any atom is -0.488 e. The third-order valence-corrected chi connectivity index (χ3v) is 8.95. The molecule has 3 aromatic carbocycles. The van der Waals surface area contributed by atoms with Gasteiger partial charge in [0.25, 0.3) is 0 Å². The molecule has 1 fully saturated rings. The topological polar surface area (TPSA) is 94.7 Å². The zero-order valence-electron chi connectivity index (χ0n) is 23.9. The number of benzene rings is 3. The van der Waals surface area contributed by atoms with Gasteiger partial charge in [0.15, 0.2) is 17.2 Å². The Balaban J connectivity index is 1.62. The SMILES string of the molecule is C[C@H](O)COc1ccc(C#N)c(-c2c(Cl)c(F)cc3c2[C@H](C)[C@@](CNC2CCC(C)(O)CC2)(c2ccccc2)O3)c1F. The summed E-state index contributed by atoms with van der Waals surface area (Å²) >= 11 is 6.60. The highest BCUT2D eigenvalue weighted by Gasteiger charge is 2.50. The first-order chi connectivity index (χ1) is 20.0. The van der Waals surface area contributed by atoms with Gasteiger partial charge >= 0.3 is 0 Å². The summed E-state index contributed by atoms with van der Waals surface area (Å²) in [6.07, 6.45) is 2.08. The minimum absolute atomic E-state index is 0.0385. The molecule has 3 aromatic rings. The van der Waals surface area contributed by atoms with Gasteiger partial charge < -0.3 is 25.0 Å². The van der Waals surface area contributed by atoms with Crippen molar-refractivity contribution < 1.29 is 28.5 Å². The number of aliphatic hydroxyl groups is 2. The van der Waals surface area contributed by atoms with Crippen molar-refractivity contribution in [2.24, 2.45) is 0 Å². The number of nitrogens with one attached hydrogen (secondary N) is 1. The summed E-state index contributed by atoms with van der Waals surface area (Å²) in [4.78, 5) is 0. The molecule has 0 spiro atoms. The second-order valence-electron chi connectivity index (χ2n) is 11.8. The van der Waals surface area contributed by atoms with Gasteiger partial charge in [0.1, 0.15) is 18.2 Å². The highest BCUT2D eigenvalue weighted by Crippen LogP contribution is 2.56. The van der Waals surface area contributed by atoms with Crippen molar-refractivity contribution in [2.45, 2.75) is 75.7 Å². The van der Waals surface area contributed by atoms with Crippen molar-refractivity contribution in [1.82, 2.24) is 5.32 Å². The van der Waals surface area contributed by atoms with Gasteiger partial charge in [0.2, 0.25) is 0 Å². The van der Waals surface area contributed by atoms with Crippen LogP contribution in [0.1, 0.15) is 69.1 Å². The van der Waals surface area contributed by atoms with Gasteiger partial charge in [-0.3, -0.25) is 0 Å². The van der Waals surface area contributed by atoms with E-state index in [9.17, 15) is 15.5 Å². The molecular formula is C33H35ClF2N2O4. The van der Waals surface area contributed by atoms with Gasteiger partial charge in [0, 0.05) is 41.3 Å². The van der Waals surface area contributed by atoms with E-state index < -0.39 is 34.9 Å². The number of halogens is 3. The van der Waals surface area contributed by atoms with Crippen LogP contribution in [-0.4, -0.2) is 41.1 Å². The van der Waals surface area contributed by atoms with Gasteiger partial charge in [-0.1, -0.05) is 48.9 Å². The van der Waals surface area contributed by atoms with Gasteiger partial charge in [-0.15, -0.1) is 0 Å². The third kappa shape index (κ3) is 5.59. The second kappa shape index (κ2) is 11.8. The maximum absolute atomic E-state index is 16.1. The van der Waals surface area contributed by atoms with E-state index in [1.807, 2.05) is 50.2 Å². The van der Waals surface area contributed by atoms with Crippen molar-refractivity contribution in [2.75, 3.05) is 13.2 Å². The number of ether oxygens (including phenoxy) is 2. The lowest BCUT2D eigenvalue weighted by molar-refractivity contribution is 0.00890. The Morgan fingerprint density at radius 3 is 2.50 bits per heavy atom. The fourth-order valence-corrected chi connectivity index (χ4v) is 6.42. The lowest BCUT2D eigenvalue weighted by Gasteiger charge is -2.38. The number of hydrogen-bond donors (Lipinski definition) is 3. The molecule has 6 nitrogen and oxygen atoms in total. The fraction of sp³-hybridized carbons (Fsp3) is 0.424. The van der Waals surface area contributed by atoms with Crippen LogP contribution >= 0.6 is 11.6 Å². The van der Waals surface area contributed by atoms with Gasteiger partial charge in [-0.25, -0.2) is 8.78 Å². The zero-order valence-corrected chi connectivity index (χ0v) is 24.6. The predicted molar refractivity (Wildman–Crippen MR) is 157 cm³/mol. The summed E-state index contributed by atoms with van der Waals surface area (Å²) < 4.78 is 43.7. The van der Waals surface area contributed by atoms with Crippen LogP contribution in [0.15, 0.2) is 48.5 Å². The molecular weight excluding hydrogens is 562 g/mol. The molecule has 0 amide bonds. The quantitative estimate of drug-likeness (QED) is 0.272. The number of nitrogens with zero attached hydrogens (tertiary/aromatic N) is 1. The van der Waals surface area contributed by atoms with E-state index in [-0.39, 0.29) is 45.9 Å². The Kier molecular flexibility index (Phi) is 8.51. The molecule has 1 aliphatic carbocycles. The molecule has 42 heavy (non-hydrogen) atoms. The average Bonchev–Trinajstić information content (AvgIpc) is 3.24. The van der Waals surface area contributed by atoms with E-state index in [1.54, 1.807) is 0 Å². The van der Waals surface area contributed by atoms with Crippen molar-refractivity contribution >= 4 is 11.6 Å². The number of rotatable bonds is 8. The number of hydrogen-bond acceptors (Lipinski definition) is 6. The monoisotopic (exact) mass is 596 g/mol. The molecule has 9 heteroatoms. The van der Waals surface area contributed by atoms with Crippen LogP contribution in [0.4, 0.5) is 8.78 Å².